The van der Waals surface area contributed by atoms with Crippen LogP contribution < -0.4 is 0 Å². The van der Waals surface area contributed by atoms with E-state index in [1.807, 2.05) is 91.0 Å². The monoisotopic (exact) mass is 403 g/mol. The summed E-state index contributed by atoms with van der Waals surface area (Å²) >= 11 is 0. The average Bonchev–Trinajstić information content (AvgIpc) is 3.15. The van der Waals surface area contributed by atoms with E-state index in [0.29, 0.717) is 12.3 Å². The molecule has 3 aromatic carbocycles. The van der Waals surface area contributed by atoms with Crippen molar-refractivity contribution in [2.75, 3.05) is 0 Å². The molecule has 5 rings (SSSR count). The van der Waals surface area contributed by atoms with Crippen molar-refractivity contribution in [3.8, 4) is 12.3 Å². The van der Waals surface area contributed by atoms with Gasteiger partial charge in [-0.1, -0.05) is 96.9 Å². The van der Waals surface area contributed by atoms with Gasteiger partial charge < -0.3 is 0 Å². The van der Waals surface area contributed by atoms with Crippen molar-refractivity contribution in [3.05, 3.63) is 108 Å². The molecule has 0 radical (unpaired) electrons. The summed E-state index contributed by atoms with van der Waals surface area (Å²) in [4.78, 5) is 25.1. The summed E-state index contributed by atoms with van der Waals surface area (Å²) in [6.07, 6.45) is 6.49. The molecule has 4 nitrogen and oxygen atoms in total. The molecule has 0 spiro atoms. The lowest BCUT2D eigenvalue weighted by Crippen LogP contribution is -2.51. The van der Waals surface area contributed by atoms with E-state index in [-0.39, 0.29) is 11.9 Å². The Bertz CT molecular complexity index is 1190. The second kappa shape index (κ2) is 8.04. The molecule has 150 valence electrons. The summed E-state index contributed by atoms with van der Waals surface area (Å²) < 4.78 is 0. The van der Waals surface area contributed by atoms with Crippen LogP contribution in [0.1, 0.15) is 22.7 Å². The second-order valence-corrected chi connectivity index (χ2v) is 7.66. The van der Waals surface area contributed by atoms with Crippen molar-refractivity contribution in [3.63, 3.8) is 0 Å². The first kappa shape index (κ1) is 19.0. The average molecular weight is 403 g/mol. The van der Waals surface area contributed by atoms with Crippen molar-refractivity contribution >= 4 is 17.5 Å². The minimum absolute atomic E-state index is 0.0638. The zero-order valence-corrected chi connectivity index (χ0v) is 16.9. The molecule has 2 heterocycles. The molecule has 1 amide bonds. The maximum atomic E-state index is 13.5. The second-order valence-electron chi connectivity index (χ2n) is 7.66. The highest BCUT2D eigenvalue weighted by Crippen LogP contribution is 2.34. The predicted molar refractivity (Wildman–Crippen MR) is 123 cm³/mol. The van der Waals surface area contributed by atoms with Gasteiger partial charge in [-0.3, -0.25) is 19.7 Å². The summed E-state index contributed by atoms with van der Waals surface area (Å²) in [5.41, 5.74) is 3.71. The number of benzene rings is 3. The van der Waals surface area contributed by atoms with E-state index in [9.17, 15) is 4.79 Å². The van der Waals surface area contributed by atoms with Gasteiger partial charge >= 0.3 is 0 Å². The number of hydrogen-bond donors (Lipinski definition) is 0. The first-order valence-corrected chi connectivity index (χ1v) is 10.3. The summed E-state index contributed by atoms with van der Waals surface area (Å²) in [5, 5.41) is 0. The summed E-state index contributed by atoms with van der Waals surface area (Å²) in [6, 6.07) is 28.3. The third-order valence-corrected chi connectivity index (χ3v) is 5.70. The Balaban J connectivity index is 1.61. The SMILES string of the molecule is C#CC1C(c2ccccc2)=NC(c2ccccc2)C2=NC(Cc3ccccc3)C(=O)N21. The molecule has 2 aliphatic rings. The molecule has 0 fully saturated rings. The first-order chi connectivity index (χ1) is 15.3. The van der Waals surface area contributed by atoms with Crippen LogP contribution in [-0.2, 0) is 11.2 Å². The topological polar surface area (TPSA) is 45.0 Å². The van der Waals surface area contributed by atoms with E-state index < -0.39 is 12.1 Å². The zero-order valence-electron chi connectivity index (χ0n) is 16.9. The van der Waals surface area contributed by atoms with E-state index in [1.165, 1.54) is 0 Å². The smallest absolute Gasteiger partial charge is 0.254 e. The molecule has 31 heavy (non-hydrogen) atoms. The van der Waals surface area contributed by atoms with Crippen molar-refractivity contribution < 1.29 is 4.79 Å². The number of amides is 1. The minimum atomic E-state index is -0.575. The molecule has 3 aromatic rings. The molecule has 0 aromatic heterocycles. The Morgan fingerprint density at radius 2 is 1.45 bits per heavy atom. The standard InChI is InChI=1S/C27H21N3O/c1-2-23-24(20-14-8-4-9-15-20)29-25(21-16-10-5-11-17-21)26-28-22(27(31)30(23)26)18-19-12-6-3-7-13-19/h1,3-17,22-23,25H,18H2. The van der Waals surface area contributed by atoms with Gasteiger partial charge in [0, 0.05) is 6.42 Å². The molecule has 0 saturated heterocycles. The van der Waals surface area contributed by atoms with E-state index in [4.69, 9.17) is 16.4 Å². The predicted octanol–water partition coefficient (Wildman–Crippen LogP) is 4.08. The Labute approximate surface area is 182 Å². The first-order valence-electron chi connectivity index (χ1n) is 10.3. The third-order valence-electron chi connectivity index (χ3n) is 5.70. The normalized spacial score (nSPS) is 22.4. The van der Waals surface area contributed by atoms with Crippen LogP contribution in [0.2, 0.25) is 0 Å². The molecule has 4 heteroatoms. The van der Waals surface area contributed by atoms with Crippen molar-refractivity contribution in [2.45, 2.75) is 24.5 Å². The highest BCUT2D eigenvalue weighted by molar-refractivity contribution is 6.19. The molecular weight excluding hydrogens is 382 g/mol. The van der Waals surface area contributed by atoms with Gasteiger partial charge in [0.05, 0.1) is 5.71 Å². The highest BCUT2D eigenvalue weighted by atomic mass is 16.2. The molecule has 3 atom stereocenters. The zero-order chi connectivity index (χ0) is 21.2. The van der Waals surface area contributed by atoms with E-state index in [2.05, 4.69) is 5.92 Å². The summed E-state index contributed by atoms with van der Waals surface area (Å²) in [5.74, 6) is 3.38. The summed E-state index contributed by atoms with van der Waals surface area (Å²) in [6.45, 7) is 0. The van der Waals surface area contributed by atoms with Crippen LogP contribution in [0.25, 0.3) is 0 Å². The number of carbonyl (C=O) groups is 1. The molecule has 0 bridgehead atoms. The molecule has 0 aliphatic carbocycles. The number of nitrogens with zero attached hydrogens (tertiary/aromatic N) is 3. The van der Waals surface area contributed by atoms with E-state index in [0.717, 1.165) is 22.4 Å². The highest BCUT2D eigenvalue weighted by Gasteiger charge is 2.46. The number of aliphatic imine (C=N–C) groups is 2. The van der Waals surface area contributed by atoms with Gasteiger partial charge in [0.2, 0.25) is 0 Å². The number of hydrogen-bond acceptors (Lipinski definition) is 3. The quantitative estimate of drug-likeness (QED) is 0.606. The number of terminal acetylenes is 1. The maximum absolute atomic E-state index is 13.5. The van der Waals surface area contributed by atoms with Crippen molar-refractivity contribution in [1.82, 2.24) is 4.90 Å². The lowest BCUT2D eigenvalue weighted by Gasteiger charge is -2.34. The fourth-order valence-electron chi connectivity index (χ4n) is 4.23. The van der Waals surface area contributed by atoms with Crippen LogP contribution in [0.4, 0.5) is 0 Å². The van der Waals surface area contributed by atoms with Crippen LogP contribution in [0.15, 0.2) is 101 Å². The van der Waals surface area contributed by atoms with Gasteiger partial charge in [-0.15, -0.1) is 6.42 Å². The van der Waals surface area contributed by atoms with E-state index in [1.54, 1.807) is 4.90 Å². The Kier molecular flexibility index (Phi) is 4.93. The van der Waals surface area contributed by atoms with Gasteiger partial charge in [-0.05, 0) is 16.7 Å². The van der Waals surface area contributed by atoms with Gasteiger partial charge in [-0.25, -0.2) is 0 Å². The Morgan fingerprint density at radius 1 is 0.839 bits per heavy atom. The molecule has 0 N–H and O–H groups in total. The maximum Gasteiger partial charge on any atom is 0.254 e. The number of fused-ring (bicyclic) bond motifs is 1. The van der Waals surface area contributed by atoms with Crippen LogP contribution >= 0.6 is 0 Å². The van der Waals surface area contributed by atoms with Gasteiger partial charge in [0.25, 0.3) is 5.91 Å². The number of carbonyl (C=O) groups excluding carboxylic acids is 1. The molecule has 2 aliphatic heterocycles. The Hall–Kier alpha value is -3.97. The van der Waals surface area contributed by atoms with E-state index >= 15 is 0 Å². The summed E-state index contributed by atoms with van der Waals surface area (Å²) in [7, 11) is 0. The van der Waals surface area contributed by atoms with Crippen molar-refractivity contribution in [1.29, 1.82) is 0 Å². The largest absolute Gasteiger partial charge is 0.276 e. The van der Waals surface area contributed by atoms with Crippen molar-refractivity contribution in [2.24, 2.45) is 9.98 Å². The molecule has 3 unspecified atom stereocenters. The lowest BCUT2D eigenvalue weighted by molar-refractivity contribution is -0.127. The third kappa shape index (κ3) is 3.45. The Morgan fingerprint density at radius 3 is 2.10 bits per heavy atom. The van der Waals surface area contributed by atoms with Gasteiger partial charge in [0.15, 0.2) is 0 Å². The van der Waals surface area contributed by atoms with Crippen LogP contribution in [0.3, 0.4) is 0 Å². The van der Waals surface area contributed by atoms with Gasteiger partial charge in [0.1, 0.15) is 24.0 Å². The molecular formula is C27H21N3O. The van der Waals surface area contributed by atoms with Gasteiger partial charge in [-0.2, -0.15) is 0 Å². The number of amidine groups is 1. The molecule has 0 saturated carbocycles. The minimum Gasteiger partial charge on any atom is -0.276 e. The van der Waals surface area contributed by atoms with Crippen LogP contribution in [-0.4, -0.2) is 34.4 Å². The van der Waals surface area contributed by atoms with Crippen LogP contribution in [0.5, 0.6) is 0 Å². The van der Waals surface area contributed by atoms with Crippen LogP contribution in [0, 0.1) is 12.3 Å². The fraction of sp³-hybridized carbons (Fsp3) is 0.148. The number of rotatable bonds is 4. The lowest BCUT2D eigenvalue weighted by atomic mass is 9.95. The fourth-order valence-corrected chi connectivity index (χ4v) is 4.23.